The highest BCUT2D eigenvalue weighted by molar-refractivity contribution is 6.02. The second kappa shape index (κ2) is 6.23. The lowest BCUT2D eigenvalue weighted by Gasteiger charge is -2.19. The van der Waals surface area contributed by atoms with Crippen LogP contribution in [0.4, 0.5) is 8.78 Å². The molecular weight excluding hydrogens is 312 g/mol. The molecule has 0 saturated carbocycles. The van der Waals surface area contributed by atoms with Crippen LogP contribution in [0, 0.1) is 11.6 Å². The van der Waals surface area contributed by atoms with E-state index in [0.29, 0.717) is 17.6 Å². The Morgan fingerprint density at radius 1 is 1.08 bits per heavy atom. The minimum absolute atomic E-state index is 0.169. The van der Waals surface area contributed by atoms with E-state index in [2.05, 4.69) is 4.99 Å². The maximum Gasteiger partial charge on any atom is 0.280 e. The highest BCUT2D eigenvalue weighted by atomic mass is 19.2. The molecule has 0 bridgehead atoms. The summed E-state index contributed by atoms with van der Waals surface area (Å²) < 4.78 is 27.7. The van der Waals surface area contributed by atoms with E-state index in [1.54, 1.807) is 18.2 Å². The van der Waals surface area contributed by atoms with Crippen LogP contribution in [0.25, 0.3) is 5.57 Å². The van der Waals surface area contributed by atoms with Crippen molar-refractivity contribution < 1.29 is 13.6 Å². The minimum atomic E-state index is -0.909. The molecule has 0 aliphatic heterocycles. The number of aryl methyl sites for hydroxylation is 1. The number of halogens is 2. The summed E-state index contributed by atoms with van der Waals surface area (Å²) in [6, 6.07) is 9.07. The SMILES string of the molecule is NC(N)=NC(=O)c1ccc2c(c1)C(c1cccc(F)c1F)=CCC2. The minimum Gasteiger partial charge on any atom is -0.370 e. The van der Waals surface area contributed by atoms with E-state index in [9.17, 15) is 13.6 Å². The van der Waals surface area contributed by atoms with Gasteiger partial charge in [0.05, 0.1) is 0 Å². The molecule has 6 heteroatoms. The lowest BCUT2D eigenvalue weighted by Crippen LogP contribution is -2.24. The van der Waals surface area contributed by atoms with Crippen molar-refractivity contribution in [2.45, 2.75) is 12.8 Å². The van der Waals surface area contributed by atoms with E-state index in [0.717, 1.165) is 18.1 Å². The average Bonchev–Trinajstić information content (AvgIpc) is 2.56. The Kier molecular flexibility index (Phi) is 4.12. The molecule has 1 aliphatic carbocycles. The summed E-state index contributed by atoms with van der Waals surface area (Å²) in [7, 11) is 0. The first-order valence-electron chi connectivity index (χ1n) is 7.39. The van der Waals surface area contributed by atoms with Crippen molar-refractivity contribution in [1.82, 2.24) is 0 Å². The monoisotopic (exact) mass is 327 g/mol. The van der Waals surface area contributed by atoms with E-state index in [1.807, 2.05) is 6.08 Å². The van der Waals surface area contributed by atoms with Crippen molar-refractivity contribution in [3.63, 3.8) is 0 Å². The summed E-state index contributed by atoms with van der Waals surface area (Å²) >= 11 is 0. The lowest BCUT2D eigenvalue weighted by atomic mass is 9.85. The molecule has 0 fully saturated rings. The van der Waals surface area contributed by atoms with Crippen LogP contribution in [0.15, 0.2) is 47.5 Å². The first-order valence-corrected chi connectivity index (χ1v) is 7.39. The molecule has 1 aliphatic rings. The largest absolute Gasteiger partial charge is 0.370 e. The fourth-order valence-electron chi connectivity index (χ4n) is 2.81. The molecule has 1 amide bonds. The van der Waals surface area contributed by atoms with Gasteiger partial charge >= 0.3 is 0 Å². The fraction of sp³-hybridized carbons (Fsp3) is 0.111. The molecule has 2 aromatic rings. The number of hydrogen-bond acceptors (Lipinski definition) is 1. The second-order valence-electron chi connectivity index (χ2n) is 5.47. The molecule has 0 heterocycles. The van der Waals surface area contributed by atoms with E-state index in [-0.39, 0.29) is 17.1 Å². The number of nitrogens with zero attached hydrogens (tertiary/aromatic N) is 1. The van der Waals surface area contributed by atoms with Gasteiger partial charge in [-0.1, -0.05) is 24.3 Å². The molecule has 0 spiro atoms. The number of carbonyl (C=O) groups excluding carboxylic acids is 1. The van der Waals surface area contributed by atoms with Gasteiger partial charge in [0.15, 0.2) is 17.6 Å². The number of fused-ring (bicyclic) bond motifs is 1. The summed E-state index contributed by atoms with van der Waals surface area (Å²) in [6.45, 7) is 0. The van der Waals surface area contributed by atoms with Crippen LogP contribution in [0.5, 0.6) is 0 Å². The van der Waals surface area contributed by atoms with Crippen LogP contribution in [0.3, 0.4) is 0 Å². The first-order chi connectivity index (χ1) is 11.5. The molecule has 4 N–H and O–H groups in total. The van der Waals surface area contributed by atoms with Crippen molar-refractivity contribution >= 4 is 17.4 Å². The van der Waals surface area contributed by atoms with Crippen LogP contribution < -0.4 is 11.5 Å². The molecule has 4 nitrogen and oxygen atoms in total. The average molecular weight is 327 g/mol. The first kappa shape index (κ1) is 15.9. The van der Waals surface area contributed by atoms with Crippen molar-refractivity contribution in [2.24, 2.45) is 16.5 Å². The summed E-state index contributed by atoms with van der Waals surface area (Å²) in [5.41, 5.74) is 13.1. The summed E-state index contributed by atoms with van der Waals surface area (Å²) in [4.78, 5) is 15.5. The molecule has 0 saturated heterocycles. The Morgan fingerprint density at radius 2 is 1.88 bits per heavy atom. The Balaban J connectivity index is 2.11. The number of hydrogen-bond donors (Lipinski definition) is 2. The van der Waals surface area contributed by atoms with Gasteiger partial charge in [-0.25, -0.2) is 8.78 Å². The molecule has 122 valence electrons. The van der Waals surface area contributed by atoms with Crippen molar-refractivity contribution in [3.8, 4) is 0 Å². The van der Waals surface area contributed by atoms with Gasteiger partial charge in [-0.3, -0.25) is 4.79 Å². The van der Waals surface area contributed by atoms with Gasteiger partial charge in [0.1, 0.15) is 0 Å². The number of benzene rings is 2. The summed E-state index contributed by atoms with van der Waals surface area (Å²) in [5.74, 6) is -2.72. The second-order valence-corrected chi connectivity index (χ2v) is 5.47. The molecule has 0 aromatic heterocycles. The van der Waals surface area contributed by atoms with Gasteiger partial charge in [0.25, 0.3) is 5.91 Å². The van der Waals surface area contributed by atoms with Gasteiger partial charge in [-0.05, 0) is 47.7 Å². The van der Waals surface area contributed by atoms with Crippen molar-refractivity contribution in [2.75, 3.05) is 0 Å². The normalized spacial score (nSPS) is 13.0. The zero-order valence-corrected chi connectivity index (χ0v) is 12.7. The summed E-state index contributed by atoms with van der Waals surface area (Å²) in [6.07, 6.45) is 3.31. The number of guanidine groups is 1. The summed E-state index contributed by atoms with van der Waals surface area (Å²) in [5, 5.41) is 0. The standard InChI is InChI=1S/C18H15F2N3O/c19-15-6-2-5-13(16(15)20)12-4-1-3-10-7-8-11(9-14(10)12)17(24)23-18(21)22/h2,4-9H,1,3H2,(H4,21,22,23,24). The number of rotatable bonds is 2. The Bertz CT molecular complexity index is 884. The zero-order valence-electron chi connectivity index (χ0n) is 12.7. The van der Waals surface area contributed by atoms with Crippen LogP contribution >= 0.6 is 0 Å². The number of nitrogens with two attached hydrogens (primary N) is 2. The predicted molar refractivity (Wildman–Crippen MR) is 88.3 cm³/mol. The molecule has 24 heavy (non-hydrogen) atoms. The third-order valence-electron chi connectivity index (χ3n) is 3.88. The Hall–Kier alpha value is -3.02. The van der Waals surface area contributed by atoms with Gasteiger partial charge in [-0.15, -0.1) is 0 Å². The fourth-order valence-corrected chi connectivity index (χ4v) is 2.81. The van der Waals surface area contributed by atoms with Crippen LogP contribution in [0.1, 0.15) is 33.5 Å². The molecule has 3 rings (SSSR count). The molecule has 0 unspecified atom stereocenters. The third kappa shape index (κ3) is 2.90. The molecule has 0 atom stereocenters. The third-order valence-corrected chi connectivity index (χ3v) is 3.88. The quantitative estimate of drug-likeness (QED) is 0.657. The van der Waals surface area contributed by atoms with Crippen LogP contribution in [-0.4, -0.2) is 11.9 Å². The Labute approximate surface area is 137 Å². The predicted octanol–water partition coefficient (Wildman–Crippen LogP) is 2.76. The lowest BCUT2D eigenvalue weighted by molar-refractivity contribution is 0.100. The number of allylic oxidation sites excluding steroid dienone is 1. The molecule has 0 radical (unpaired) electrons. The Morgan fingerprint density at radius 3 is 2.62 bits per heavy atom. The van der Waals surface area contributed by atoms with Gasteiger partial charge in [-0.2, -0.15) is 4.99 Å². The number of amides is 1. The van der Waals surface area contributed by atoms with Gasteiger partial charge in [0.2, 0.25) is 0 Å². The maximum absolute atomic E-state index is 14.2. The van der Waals surface area contributed by atoms with E-state index in [1.165, 1.54) is 12.1 Å². The highest BCUT2D eigenvalue weighted by Gasteiger charge is 2.20. The van der Waals surface area contributed by atoms with E-state index in [4.69, 9.17) is 11.5 Å². The van der Waals surface area contributed by atoms with E-state index < -0.39 is 17.5 Å². The number of aliphatic imine (C=N–C) groups is 1. The molecule has 2 aromatic carbocycles. The molecular formula is C18H15F2N3O. The highest BCUT2D eigenvalue weighted by Crippen LogP contribution is 2.34. The topological polar surface area (TPSA) is 81.5 Å². The number of carbonyl (C=O) groups is 1. The van der Waals surface area contributed by atoms with Crippen molar-refractivity contribution in [1.29, 1.82) is 0 Å². The van der Waals surface area contributed by atoms with Crippen LogP contribution in [0.2, 0.25) is 0 Å². The van der Waals surface area contributed by atoms with Gasteiger partial charge in [0, 0.05) is 11.1 Å². The van der Waals surface area contributed by atoms with E-state index >= 15 is 0 Å². The van der Waals surface area contributed by atoms with Crippen LogP contribution in [-0.2, 0) is 6.42 Å². The van der Waals surface area contributed by atoms with Gasteiger partial charge < -0.3 is 11.5 Å². The zero-order chi connectivity index (χ0) is 17.3. The smallest absolute Gasteiger partial charge is 0.280 e. The maximum atomic E-state index is 14.2. The van der Waals surface area contributed by atoms with Crippen molar-refractivity contribution in [3.05, 3.63) is 76.4 Å².